The molecule has 3 N–H and O–H groups in total. The first kappa shape index (κ1) is 15.3. The van der Waals surface area contributed by atoms with Crippen molar-refractivity contribution < 1.29 is 9.90 Å². The molecule has 0 saturated carbocycles. The SMILES string of the molecule is NC(=O)c1ccc2c(c1)[C@@H](O)[C@H]([C@H]1c3ccccc3-c3cncn31)CC2. The molecule has 26 heavy (non-hydrogen) atoms. The number of fused-ring (bicyclic) bond motifs is 4. The van der Waals surface area contributed by atoms with Crippen LogP contribution in [0.4, 0.5) is 0 Å². The lowest BCUT2D eigenvalue weighted by Crippen LogP contribution is -2.29. The van der Waals surface area contributed by atoms with E-state index in [0.29, 0.717) is 5.56 Å². The molecule has 5 nitrogen and oxygen atoms in total. The second-order valence-corrected chi connectivity index (χ2v) is 7.14. The number of primary amides is 1. The van der Waals surface area contributed by atoms with Crippen molar-refractivity contribution in [2.45, 2.75) is 25.0 Å². The van der Waals surface area contributed by atoms with E-state index in [9.17, 15) is 9.90 Å². The largest absolute Gasteiger partial charge is 0.388 e. The molecule has 130 valence electrons. The Morgan fingerprint density at radius 1 is 1.19 bits per heavy atom. The summed E-state index contributed by atoms with van der Waals surface area (Å²) < 4.78 is 2.17. The minimum absolute atomic E-state index is 0.0160. The van der Waals surface area contributed by atoms with Gasteiger partial charge in [-0.2, -0.15) is 0 Å². The Kier molecular flexibility index (Phi) is 3.27. The Morgan fingerprint density at radius 2 is 2.04 bits per heavy atom. The van der Waals surface area contributed by atoms with Gasteiger partial charge in [0.15, 0.2) is 0 Å². The number of nitrogens with zero attached hydrogens (tertiary/aromatic N) is 2. The molecule has 2 aliphatic rings. The maximum Gasteiger partial charge on any atom is 0.248 e. The molecule has 1 aliphatic carbocycles. The van der Waals surface area contributed by atoms with Crippen LogP contribution in [0.25, 0.3) is 11.3 Å². The molecule has 1 amide bonds. The highest BCUT2D eigenvalue weighted by molar-refractivity contribution is 5.93. The lowest BCUT2D eigenvalue weighted by Gasteiger charge is -2.35. The van der Waals surface area contributed by atoms with Crippen molar-refractivity contribution in [3.8, 4) is 11.3 Å². The summed E-state index contributed by atoms with van der Waals surface area (Å²) in [6.07, 6.45) is 4.83. The van der Waals surface area contributed by atoms with Gasteiger partial charge < -0.3 is 15.4 Å². The first-order chi connectivity index (χ1) is 12.6. The third kappa shape index (κ3) is 2.07. The third-order valence-corrected chi connectivity index (χ3v) is 5.83. The van der Waals surface area contributed by atoms with Gasteiger partial charge in [0, 0.05) is 17.0 Å². The average molecular weight is 345 g/mol. The summed E-state index contributed by atoms with van der Waals surface area (Å²) in [5.41, 5.74) is 11.3. The minimum atomic E-state index is -0.649. The topological polar surface area (TPSA) is 81.1 Å². The van der Waals surface area contributed by atoms with Gasteiger partial charge in [-0.25, -0.2) is 4.98 Å². The van der Waals surface area contributed by atoms with E-state index in [1.807, 2.05) is 30.7 Å². The van der Waals surface area contributed by atoms with Crippen LogP contribution >= 0.6 is 0 Å². The summed E-state index contributed by atoms with van der Waals surface area (Å²) >= 11 is 0. The van der Waals surface area contributed by atoms with Crippen molar-refractivity contribution in [3.05, 3.63) is 77.2 Å². The number of aliphatic hydroxyl groups excluding tert-OH is 1. The lowest BCUT2D eigenvalue weighted by molar-refractivity contribution is 0.0719. The highest BCUT2D eigenvalue weighted by Gasteiger charge is 2.40. The number of aliphatic hydroxyl groups is 1. The van der Waals surface area contributed by atoms with Gasteiger partial charge >= 0.3 is 0 Å². The molecule has 2 heterocycles. The number of hydrogen-bond acceptors (Lipinski definition) is 3. The smallest absolute Gasteiger partial charge is 0.248 e. The van der Waals surface area contributed by atoms with E-state index < -0.39 is 12.0 Å². The number of amides is 1. The highest BCUT2D eigenvalue weighted by Crippen LogP contribution is 2.49. The summed E-state index contributed by atoms with van der Waals surface area (Å²) in [6.45, 7) is 0. The lowest BCUT2D eigenvalue weighted by atomic mass is 9.75. The average Bonchev–Trinajstić information content (AvgIpc) is 3.23. The normalized spacial score (nSPS) is 23.2. The number of hydrogen-bond donors (Lipinski definition) is 2. The maximum absolute atomic E-state index is 11.6. The monoisotopic (exact) mass is 345 g/mol. The van der Waals surface area contributed by atoms with Crippen LogP contribution in [0.15, 0.2) is 55.0 Å². The van der Waals surface area contributed by atoms with Crippen molar-refractivity contribution in [3.63, 3.8) is 0 Å². The fourth-order valence-corrected chi connectivity index (χ4v) is 4.60. The number of imidazole rings is 1. The first-order valence-electron chi connectivity index (χ1n) is 8.87. The zero-order chi connectivity index (χ0) is 17.8. The molecule has 0 saturated heterocycles. The summed E-state index contributed by atoms with van der Waals surface area (Å²) in [5.74, 6) is -0.451. The standard InChI is InChI=1S/C21H19N3O2/c22-21(26)13-6-5-12-7-8-16(20(25)17(12)9-13)19-15-4-2-1-3-14(15)18-10-23-11-24(18)19/h1-6,9-11,16,19-20,25H,7-8H2,(H2,22,26)/t16-,19+,20-/m0/s1. The van der Waals surface area contributed by atoms with Gasteiger partial charge in [0.1, 0.15) is 0 Å². The van der Waals surface area contributed by atoms with Gasteiger partial charge in [-0.15, -0.1) is 0 Å². The fourth-order valence-electron chi connectivity index (χ4n) is 4.60. The molecule has 0 spiro atoms. The second kappa shape index (κ2) is 5.54. The number of nitrogens with two attached hydrogens (primary N) is 1. The van der Waals surface area contributed by atoms with Crippen LogP contribution in [0.2, 0.25) is 0 Å². The Balaban J connectivity index is 1.60. The highest BCUT2D eigenvalue weighted by atomic mass is 16.3. The number of aromatic nitrogens is 2. The van der Waals surface area contributed by atoms with E-state index in [4.69, 9.17) is 5.73 Å². The van der Waals surface area contributed by atoms with Crippen LogP contribution in [0.1, 0.15) is 45.6 Å². The van der Waals surface area contributed by atoms with Crippen molar-refractivity contribution in [1.29, 1.82) is 0 Å². The van der Waals surface area contributed by atoms with Crippen molar-refractivity contribution in [2.75, 3.05) is 0 Å². The molecular formula is C21H19N3O2. The van der Waals surface area contributed by atoms with Crippen molar-refractivity contribution >= 4 is 5.91 Å². The van der Waals surface area contributed by atoms with Crippen LogP contribution in [-0.2, 0) is 6.42 Å². The molecule has 1 aromatic heterocycles. The van der Waals surface area contributed by atoms with Crippen LogP contribution < -0.4 is 5.73 Å². The Hall–Kier alpha value is -2.92. The molecule has 0 radical (unpaired) electrons. The van der Waals surface area contributed by atoms with Gasteiger partial charge in [-0.3, -0.25) is 4.79 Å². The summed E-state index contributed by atoms with van der Waals surface area (Å²) in [7, 11) is 0. The van der Waals surface area contributed by atoms with Gasteiger partial charge in [0.05, 0.1) is 30.4 Å². The van der Waals surface area contributed by atoms with Crippen LogP contribution in [0.3, 0.4) is 0 Å². The molecule has 2 aromatic carbocycles. The Morgan fingerprint density at radius 3 is 2.88 bits per heavy atom. The summed E-state index contributed by atoms with van der Waals surface area (Å²) in [4.78, 5) is 15.9. The van der Waals surface area contributed by atoms with E-state index in [0.717, 1.165) is 29.7 Å². The predicted molar refractivity (Wildman–Crippen MR) is 97.5 cm³/mol. The van der Waals surface area contributed by atoms with E-state index in [1.165, 1.54) is 11.1 Å². The zero-order valence-corrected chi connectivity index (χ0v) is 14.2. The molecule has 1 aliphatic heterocycles. The van der Waals surface area contributed by atoms with Gasteiger partial charge in [-0.05, 0) is 41.7 Å². The molecular weight excluding hydrogens is 326 g/mol. The maximum atomic E-state index is 11.6. The minimum Gasteiger partial charge on any atom is -0.388 e. The van der Waals surface area contributed by atoms with E-state index in [2.05, 4.69) is 21.7 Å². The number of rotatable bonds is 2. The van der Waals surface area contributed by atoms with Crippen LogP contribution in [-0.4, -0.2) is 20.6 Å². The van der Waals surface area contributed by atoms with E-state index in [1.54, 1.807) is 12.1 Å². The fraction of sp³-hybridized carbons (Fsp3) is 0.238. The Bertz CT molecular complexity index is 1020. The summed E-state index contributed by atoms with van der Waals surface area (Å²) in [6, 6.07) is 13.8. The molecule has 0 fully saturated rings. The van der Waals surface area contributed by atoms with Gasteiger partial charge in [0.25, 0.3) is 0 Å². The predicted octanol–water partition coefficient (Wildman–Crippen LogP) is 2.85. The summed E-state index contributed by atoms with van der Waals surface area (Å²) in [5, 5.41) is 11.2. The Labute approximate surface area is 151 Å². The number of benzene rings is 2. The number of carbonyl (C=O) groups is 1. The van der Waals surface area contributed by atoms with Gasteiger partial charge in [-0.1, -0.05) is 30.3 Å². The van der Waals surface area contributed by atoms with Crippen LogP contribution in [0.5, 0.6) is 0 Å². The molecule has 5 rings (SSSR count). The van der Waals surface area contributed by atoms with E-state index >= 15 is 0 Å². The molecule has 0 bridgehead atoms. The molecule has 0 unspecified atom stereocenters. The first-order valence-corrected chi connectivity index (χ1v) is 8.87. The number of carbonyl (C=O) groups excluding carboxylic acids is 1. The zero-order valence-electron chi connectivity index (χ0n) is 14.2. The molecule has 3 atom stereocenters. The van der Waals surface area contributed by atoms with E-state index in [-0.39, 0.29) is 12.0 Å². The molecule has 5 heteroatoms. The second-order valence-electron chi connectivity index (χ2n) is 7.14. The van der Waals surface area contributed by atoms with Gasteiger partial charge in [0.2, 0.25) is 5.91 Å². The van der Waals surface area contributed by atoms with Crippen molar-refractivity contribution in [2.24, 2.45) is 11.7 Å². The number of aryl methyl sites for hydroxylation is 1. The molecule has 3 aromatic rings. The third-order valence-electron chi connectivity index (χ3n) is 5.83. The van der Waals surface area contributed by atoms with Crippen LogP contribution in [0, 0.1) is 5.92 Å². The van der Waals surface area contributed by atoms with Crippen molar-refractivity contribution in [1.82, 2.24) is 9.55 Å². The quantitative estimate of drug-likeness (QED) is 0.749.